The number of hydrogen-bond acceptors (Lipinski definition) is 5. The SMILES string of the molecule is COC(=O)Cc1c(C(F)F)ncc(CN)c1OC(F)(F)F. The number of methoxy groups -OCH3 is 1. The lowest BCUT2D eigenvalue weighted by Gasteiger charge is -2.18. The largest absolute Gasteiger partial charge is 0.573 e. The van der Waals surface area contributed by atoms with E-state index in [0.29, 0.717) is 0 Å². The highest BCUT2D eigenvalue weighted by molar-refractivity contribution is 5.74. The molecule has 21 heavy (non-hydrogen) atoms. The first kappa shape index (κ1) is 17.1. The molecule has 0 unspecified atom stereocenters. The van der Waals surface area contributed by atoms with Crippen LogP contribution in [0, 0.1) is 0 Å². The van der Waals surface area contributed by atoms with Crippen LogP contribution in [0.1, 0.15) is 23.2 Å². The number of aromatic nitrogens is 1. The van der Waals surface area contributed by atoms with Gasteiger partial charge in [0.2, 0.25) is 0 Å². The second-order valence-electron chi connectivity index (χ2n) is 3.78. The molecule has 0 aliphatic rings. The van der Waals surface area contributed by atoms with E-state index in [2.05, 4.69) is 14.5 Å². The molecule has 118 valence electrons. The zero-order valence-electron chi connectivity index (χ0n) is 10.7. The number of carbonyl (C=O) groups excluding carboxylic acids is 1. The van der Waals surface area contributed by atoms with Crippen molar-refractivity contribution in [2.24, 2.45) is 5.73 Å². The van der Waals surface area contributed by atoms with E-state index < -0.39 is 48.7 Å². The Morgan fingerprint density at radius 3 is 2.48 bits per heavy atom. The minimum atomic E-state index is -5.13. The maximum Gasteiger partial charge on any atom is 0.573 e. The highest BCUT2D eigenvalue weighted by atomic mass is 19.4. The molecule has 0 spiro atoms. The predicted molar refractivity (Wildman–Crippen MR) is 59.5 cm³/mol. The van der Waals surface area contributed by atoms with Crippen LogP contribution in [-0.2, 0) is 22.5 Å². The molecule has 0 aromatic carbocycles. The van der Waals surface area contributed by atoms with Gasteiger partial charge in [0.1, 0.15) is 11.4 Å². The van der Waals surface area contributed by atoms with Crippen molar-refractivity contribution in [3.8, 4) is 5.75 Å². The van der Waals surface area contributed by atoms with Crippen molar-refractivity contribution >= 4 is 5.97 Å². The summed E-state index contributed by atoms with van der Waals surface area (Å²) in [5.41, 5.74) is 3.30. The first-order valence-corrected chi connectivity index (χ1v) is 5.51. The van der Waals surface area contributed by atoms with E-state index in [1.165, 1.54) is 0 Å². The van der Waals surface area contributed by atoms with Crippen LogP contribution in [0.25, 0.3) is 0 Å². The Bertz CT molecular complexity index is 519. The molecule has 1 aromatic heterocycles. The van der Waals surface area contributed by atoms with Crippen LogP contribution in [0.5, 0.6) is 5.75 Å². The first-order chi connectivity index (χ1) is 9.69. The molecule has 5 nitrogen and oxygen atoms in total. The van der Waals surface area contributed by atoms with Gasteiger partial charge in [-0.25, -0.2) is 8.78 Å². The number of hydrogen-bond donors (Lipinski definition) is 1. The second-order valence-corrected chi connectivity index (χ2v) is 3.78. The minimum Gasteiger partial charge on any atom is -0.469 e. The second kappa shape index (κ2) is 6.66. The highest BCUT2D eigenvalue weighted by Crippen LogP contribution is 2.35. The third-order valence-corrected chi connectivity index (χ3v) is 2.43. The summed E-state index contributed by atoms with van der Waals surface area (Å²) in [6.07, 6.45) is -8.41. The van der Waals surface area contributed by atoms with Gasteiger partial charge in [-0.05, 0) is 0 Å². The van der Waals surface area contributed by atoms with Crippen LogP contribution in [0.4, 0.5) is 22.0 Å². The van der Waals surface area contributed by atoms with Gasteiger partial charge in [0.25, 0.3) is 6.43 Å². The molecule has 1 rings (SSSR count). The zero-order valence-corrected chi connectivity index (χ0v) is 10.7. The van der Waals surface area contributed by atoms with Crippen molar-refractivity contribution < 1.29 is 36.2 Å². The fourth-order valence-corrected chi connectivity index (χ4v) is 1.56. The molecule has 0 saturated heterocycles. The summed E-state index contributed by atoms with van der Waals surface area (Å²) < 4.78 is 70.9. The Hall–Kier alpha value is -1.97. The number of pyridine rings is 1. The van der Waals surface area contributed by atoms with E-state index in [1.807, 2.05) is 0 Å². The van der Waals surface area contributed by atoms with Crippen molar-refractivity contribution in [3.63, 3.8) is 0 Å². The Balaban J connectivity index is 3.45. The Labute approximate surface area is 115 Å². The fraction of sp³-hybridized carbons (Fsp3) is 0.455. The monoisotopic (exact) mass is 314 g/mol. The summed E-state index contributed by atoms with van der Waals surface area (Å²) in [6, 6.07) is 0. The topological polar surface area (TPSA) is 74.4 Å². The molecule has 1 aromatic rings. The third kappa shape index (κ3) is 4.52. The number of nitrogens with zero attached hydrogens (tertiary/aromatic N) is 1. The van der Waals surface area contributed by atoms with Gasteiger partial charge in [-0.3, -0.25) is 9.78 Å². The average Bonchev–Trinajstić information content (AvgIpc) is 2.38. The lowest BCUT2D eigenvalue weighted by atomic mass is 10.1. The Morgan fingerprint density at radius 2 is 2.05 bits per heavy atom. The van der Waals surface area contributed by atoms with Gasteiger partial charge >= 0.3 is 12.3 Å². The van der Waals surface area contributed by atoms with E-state index in [0.717, 1.165) is 13.3 Å². The quantitative estimate of drug-likeness (QED) is 0.665. The number of nitrogens with two attached hydrogens (primary N) is 1. The number of esters is 1. The fourth-order valence-electron chi connectivity index (χ4n) is 1.56. The van der Waals surface area contributed by atoms with E-state index in [4.69, 9.17) is 5.73 Å². The van der Waals surface area contributed by atoms with Crippen LogP contribution in [0.15, 0.2) is 6.20 Å². The van der Waals surface area contributed by atoms with Crippen molar-refractivity contribution in [1.29, 1.82) is 0 Å². The van der Waals surface area contributed by atoms with Gasteiger partial charge in [-0.2, -0.15) is 0 Å². The van der Waals surface area contributed by atoms with Gasteiger partial charge < -0.3 is 15.2 Å². The van der Waals surface area contributed by atoms with Gasteiger partial charge in [-0.1, -0.05) is 0 Å². The summed E-state index contributed by atoms with van der Waals surface area (Å²) >= 11 is 0. The lowest BCUT2D eigenvalue weighted by Crippen LogP contribution is -2.22. The average molecular weight is 314 g/mol. The Kier molecular flexibility index (Phi) is 5.41. The maximum absolute atomic E-state index is 12.8. The normalized spacial score (nSPS) is 11.6. The van der Waals surface area contributed by atoms with Crippen LogP contribution in [-0.4, -0.2) is 24.4 Å². The van der Waals surface area contributed by atoms with Crippen LogP contribution in [0.2, 0.25) is 0 Å². The molecular weight excluding hydrogens is 303 g/mol. The molecular formula is C11H11F5N2O3. The van der Waals surface area contributed by atoms with E-state index in [1.54, 1.807) is 0 Å². The van der Waals surface area contributed by atoms with Crippen molar-refractivity contribution in [2.75, 3.05) is 7.11 Å². The van der Waals surface area contributed by atoms with Crippen LogP contribution < -0.4 is 10.5 Å². The number of alkyl halides is 5. The van der Waals surface area contributed by atoms with Crippen LogP contribution >= 0.6 is 0 Å². The van der Waals surface area contributed by atoms with Gasteiger partial charge in [0, 0.05) is 23.9 Å². The smallest absolute Gasteiger partial charge is 0.469 e. The number of carbonyl (C=O) groups is 1. The summed E-state index contributed by atoms with van der Waals surface area (Å²) in [5, 5.41) is 0. The molecule has 0 aliphatic heterocycles. The summed E-state index contributed by atoms with van der Waals surface area (Å²) in [4.78, 5) is 14.6. The number of halogens is 5. The standard InChI is InChI=1S/C11H11F5N2O3/c1-20-7(19)2-6-8(10(12)13)18-4-5(3-17)9(6)21-11(14,15)16/h4,10H,2-3,17H2,1H3. The van der Waals surface area contributed by atoms with Crippen molar-refractivity contribution in [1.82, 2.24) is 4.98 Å². The van der Waals surface area contributed by atoms with Crippen molar-refractivity contribution in [2.45, 2.75) is 25.8 Å². The molecule has 0 fully saturated rings. The molecule has 0 atom stereocenters. The summed E-state index contributed by atoms with van der Waals surface area (Å²) in [6.45, 7) is -0.434. The first-order valence-electron chi connectivity index (χ1n) is 5.51. The predicted octanol–water partition coefficient (Wildman–Crippen LogP) is 2.09. The van der Waals surface area contributed by atoms with Crippen molar-refractivity contribution in [3.05, 3.63) is 23.0 Å². The number of ether oxygens (including phenoxy) is 2. The third-order valence-electron chi connectivity index (χ3n) is 2.43. The molecule has 10 heteroatoms. The summed E-state index contributed by atoms with van der Waals surface area (Å²) in [7, 11) is 0.967. The molecule has 2 N–H and O–H groups in total. The van der Waals surface area contributed by atoms with E-state index in [9.17, 15) is 26.7 Å². The van der Waals surface area contributed by atoms with Gasteiger partial charge in [-0.15, -0.1) is 13.2 Å². The van der Waals surface area contributed by atoms with Gasteiger partial charge in [0.15, 0.2) is 0 Å². The molecule has 0 bridgehead atoms. The van der Waals surface area contributed by atoms with E-state index >= 15 is 0 Å². The zero-order chi connectivity index (χ0) is 16.2. The molecule has 0 saturated carbocycles. The molecule has 0 aliphatic carbocycles. The summed E-state index contributed by atoms with van der Waals surface area (Å²) in [5.74, 6) is -1.96. The highest BCUT2D eigenvalue weighted by Gasteiger charge is 2.35. The molecule has 1 heterocycles. The van der Waals surface area contributed by atoms with E-state index in [-0.39, 0.29) is 5.56 Å². The number of rotatable bonds is 5. The maximum atomic E-state index is 12.8. The Morgan fingerprint density at radius 1 is 1.43 bits per heavy atom. The van der Waals surface area contributed by atoms with Gasteiger partial charge in [0.05, 0.1) is 13.5 Å². The minimum absolute atomic E-state index is 0.254. The lowest BCUT2D eigenvalue weighted by molar-refractivity contribution is -0.275. The molecule has 0 radical (unpaired) electrons. The molecule has 0 amide bonds. The van der Waals surface area contributed by atoms with Crippen LogP contribution in [0.3, 0.4) is 0 Å².